The lowest BCUT2D eigenvalue weighted by molar-refractivity contribution is -0.122. The Morgan fingerprint density at radius 1 is 1.19 bits per heavy atom. The van der Waals surface area contributed by atoms with Gasteiger partial charge in [0.2, 0.25) is 11.8 Å². The Bertz CT molecular complexity index is 1180. The molecule has 8 heteroatoms. The molecule has 0 aliphatic carbocycles. The first-order valence-electron chi connectivity index (χ1n) is 9.49. The fourth-order valence-electron chi connectivity index (χ4n) is 3.02. The van der Waals surface area contributed by atoms with Crippen molar-refractivity contribution in [3.8, 4) is 11.6 Å². The van der Waals surface area contributed by atoms with Crippen molar-refractivity contribution in [1.82, 2.24) is 9.88 Å². The van der Waals surface area contributed by atoms with Gasteiger partial charge in [-0.3, -0.25) is 9.59 Å². The van der Waals surface area contributed by atoms with E-state index in [4.69, 9.17) is 4.74 Å². The molecule has 1 aromatic heterocycles. The lowest BCUT2D eigenvalue weighted by Gasteiger charge is -2.03. The number of fused-ring (bicyclic) bond motifs is 1. The Kier molecular flexibility index (Phi) is 6.95. The topological polar surface area (TPSA) is 105 Å². The Morgan fingerprint density at radius 2 is 1.94 bits per heavy atom. The number of rotatable bonds is 8. The molecule has 158 valence electrons. The zero-order chi connectivity index (χ0) is 22.2. The lowest BCUT2D eigenvalue weighted by Crippen LogP contribution is -2.26. The number of methoxy groups -OCH3 is 1. The molecule has 0 saturated heterocycles. The minimum absolute atomic E-state index is 0.110. The normalized spacial score (nSPS) is 11.3. The molecular weight excluding hydrogens is 396 g/mol. The smallest absolute Gasteiger partial charge is 0.283 e. The van der Waals surface area contributed by atoms with Crippen molar-refractivity contribution in [1.29, 1.82) is 0 Å². The Hall–Kier alpha value is -4.20. The van der Waals surface area contributed by atoms with Crippen LogP contribution in [0.5, 0.6) is 11.6 Å². The Labute approximate surface area is 179 Å². The second-order valence-corrected chi connectivity index (χ2v) is 6.48. The summed E-state index contributed by atoms with van der Waals surface area (Å²) in [5, 5.41) is 21.1. The molecule has 0 aliphatic heterocycles. The molecule has 31 heavy (non-hydrogen) atoms. The van der Waals surface area contributed by atoms with Crippen LogP contribution in [0.15, 0.2) is 77.5 Å². The highest BCUT2D eigenvalue weighted by atomic mass is 16.5. The molecular formula is C23H22N4O4. The summed E-state index contributed by atoms with van der Waals surface area (Å²) in [7, 11) is 1.54. The predicted octanol–water partition coefficient (Wildman–Crippen LogP) is 3.98. The van der Waals surface area contributed by atoms with Crippen LogP contribution in [0.3, 0.4) is 0 Å². The zero-order valence-electron chi connectivity index (χ0n) is 17.0. The van der Waals surface area contributed by atoms with Crippen molar-refractivity contribution in [2.24, 2.45) is 10.2 Å². The van der Waals surface area contributed by atoms with Gasteiger partial charge in [0.1, 0.15) is 12.3 Å². The standard InChI is InChI=1S/C23H22N4O4/c1-3-14-27-18-10-6-5-9-17(18)22(23(27)30)26-25-21(29)15-24-20(28)13-12-16-8-4-7-11-19(16)31-2/h3-13,30H,1,14-15H2,2H3,(H,24,28)/b13-12+,26-25?. The van der Waals surface area contributed by atoms with Crippen molar-refractivity contribution in [3.63, 3.8) is 0 Å². The van der Waals surface area contributed by atoms with Crippen LogP contribution in [0, 0.1) is 0 Å². The number of ether oxygens (including phenoxy) is 1. The number of carbonyl (C=O) groups excluding carboxylic acids is 2. The summed E-state index contributed by atoms with van der Waals surface area (Å²) in [4.78, 5) is 24.0. The van der Waals surface area contributed by atoms with E-state index in [1.807, 2.05) is 24.3 Å². The molecule has 2 N–H and O–H groups in total. The second-order valence-electron chi connectivity index (χ2n) is 6.48. The highest BCUT2D eigenvalue weighted by molar-refractivity contribution is 5.96. The molecule has 0 fully saturated rings. The molecule has 0 spiro atoms. The van der Waals surface area contributed by atoms with Gasteiger partial charge in [-0.1, -0.05) is 42.5 Å². The van der Waals surface area contributed by atoms with Crippen LogP contribution in [0.25, 0.3) is 17.0 Å². The van der Waals surface area contributed by atoms with Crippen molar-refractivity contribution in [2.45, 2.75) is 6.54 Å². The van der Waals surface area contributed by atoms with E-state index in [9.17, 15) is 14.7 Å². The molecule has 1 heterocycles. The summed E-state index contributed by atoms with van der Waals surface area (Å²) in [5.74, 6) is -0.591. The van der Waals surface area contributed by atoms with Gasteiger partial charge >= 0.3 is 0 Å². The van der Waals surface area contributed by atoms with E-state index in [1.54, 1.807) is 48.1 Å². The summed E-state index contributed by atoms with van der Waals surface area (Å²) >= 11 is 0. The molecule has 2 aromatic carbocycles. The van der Waals surface area contributed by atoms with E-state index in [0.29, 0.717) is 17.7 Å². The fourth-order valence-corrected chi connectivity index (χ4v) is 3.02. The number of aromatic hydroxyl groups is 1. The van der Waals surface area contributed by atoms with Crippen molar-refractivity contribution < 1.29 is 19.4 Å². The zero-order valence-corrected chi connectivity index (χ0v) is 17.0. The molecule has 0 radical (unpaired) electrons. The maximum Gasteiger partial charge on any atom is 0.283 e. The first-order valence-corrected chi connectivity index (χ1v) is 9.49. The van der Waals surface area contributed by atoms with E-state index < -0.39 is 11.8 Å². The molecule has 3 rings (SSSR count). The SMILES string of the molecule is C=CCn1c(O)c(N=NC(=O)CNC(=O)/C=C/c2ccccc2OC)c2ccccc21. The van der Waals surface area contributed by atoms with E-state index in [2.05, 4.69) is 22.1 Å². The van der Waals surface area contributed by atoms with Crippen molar-refractivity contribution >= 4 is 34.5 Å². The summed E-state index contributed by atoms with van der Waals surface area (Å²) in [5.41, 5.74) is 1.67. The van der Waals surface area contributed by atoms with Crippen molar-refractivity contribution in [3.05, 3.63) is 72.8 Å². The van der Waals surface area contributed by atoms with Gasteiger partial charge in [0.25, 0.3) is 5.91 Å². The lowest BCUT2D eigenvalue weighted by atomic mass is 10.2. The Balaban J connectivity index is 1.65. The van der Waals surface area contributed by atoms with Gasteiger partial charge in [0.05, 0.1) is 12.6 Å². The third-order valence-electron chi connectivity index (χ3n) is 4.46. The highest BCUT2D eigenvalue weighted by Gasteiger charge is 2.15. The molecule has 0 bridgehead atoms. The summed E-state index contributed by atoms with van der Waals surface area (Å²) in [6, 6.07) is 14.5. The fraction of sp³-hybridized carbons (Fsp3) is 0.130. The molecule has 8 nitrogen and oxygen atoms in total. The van der Waals surface area contributed by atoms with Gasteiger partial charge in [-0.25, -0.2) is 0 Å². The minimum atomic E-state index is -0.654. The van der Waals surface area contributed by atoms with Gasteiger partial charge < -0.3 is 19.7 Å². The van der Waals surface area contributed by atoms with Gasteiger partial charge in [-0.05, 0) is 18.2 Å². The quantitative estimate of drug-likeness (QED) is 0.328. The number of hydrogen-bond acceptors (Lipinski definition) is 5. The largest absolute Gasteiger partial charge is 0.496 e. The number of para-hydroxylation sites is 2. The van der Waals surface area contributed by atoms with E-state index in [-0.39, 0.29) is 18.1 Å². The number of nitrogens with one attached hydrogen (secondary N) is 1. The van der Waals surface area contributed by atoms with Gasteiger partial charge in [-0.15, -0.1) is 16.8 Å². The third-order valence-corrected chi connectivity index (χ3v) is 4.46. The first kappa shape index (κ1) is 21.5. The number of carbonyl (C=O) groups is 2. The average molecular weight is 418 g/mol. The number of amides is 2. The van der Waals surface area contributed by atoms with Crippen LogP contribution in [-0.4, -0.2) is 35.1 Å². The number of allylic oxidation sites excluding steroid dienone is 1. The van der Waals surface area contributed by atoms with Gasteiger partial charge in [-0.2, -0.15) is 0 Å². The van der Waals surface area contributed by atoms with E-state index in [1.165, 1.54) is 6.08 Å². The van der Waals surface area contributed by atoms with Crippen molar-refractivity contribution in [2.75, 3.05) is 13.7 Å². The van der Waals surface area contributed by atoms with Crippen LogP contribution in [0.1, 0.15) is 5.56 Å². The molecule has 3 aromatic rings. The summed E-state index contributed by atoms with van der Waals surface area (Å²) < 4.78 is 6.83. The number of hydrogen-bond donors (Lipinski definition) is 2. The molecule has 0 unspecified atom stereocenters. The third kappa shape index (κ3) is 5.05. The number of azo groups is 1. The average Bonchev–Trinajstić information content (AvgIpc) is 3.06. The molecule has 0 atom stereocenters. The first-order chi connectivity index (χ1) is 15.0. The van der Waals surface area contributed by atoms with Crippen LogP contribution >= 0.6 is 0 Å². The highest BCUT2D eigenvalue weighted by Crippen LogP contribution is 2.38. The number of aromatic nitrogens is 1. The maximum atomic E-state index is 12.1. The van der Waals surface area contributed by atoms with Crippen LogP contribution < -0.4 is 10.1 Å². The summed E-state index contributed by atoms with van der Waals surface area (Å²) in [6.45, 7) is 3.73. The minimum Gasteiger partial charge on any atom is -0.496 e. The number of benzene rings is 2. The van der Waals surface area contributed by atoms with Gasteiger partial charge in [0.15, 0.2) is 5.69 Å². The molecule has 0 saturated carbocycles. The van der Waals surface area contributed by atoms with Crippen LogP contribution in [0.2, 0.25) is 0 Å². The monoisotopic (exact) mass is 418 g/mol. The second kappa shape index (κ2) is 10.0. The Morgan fingerprint density at radius 3 is 2.71 bits per heavy atom. The molecule has 0 aliphatic rings. The maximum absolute atomic E-state index is 12.1. The summed E-state index contributed by atoms with van der Waals surface area (Å²) in [6.07, 6.45) is 4.54. The van der Waals surface area contributed by atoms with Crippen LogP contribution in [0.4, 0.5) is 5.69 Å². The van der Waals surface area contributed by atoms with E-state index in [0.717, 1.165) is 11.1 Å². The number of nitrogens with zero attached hydrogens (tertiary/aromatic N) is 3. The molecule has 2 amide bonds. The van der Waals surface area contributed by atoms with Crippen LogP contribution in [-0.2, 0) is 16.1 Å². The van der Waals surface area contributed by atoms with E-state index >= 15 is 0 Å². The predicted molar refractivity (Wildman–Crippen MR) is 118 cm³/mol. The van der Waals surface area contributed by atoms with Gasteiger partial charge in [0, 0.05) is 23.6 Å².